The molecular weight excluding hydrogens is 436 g/mol. The van der Waals surface area contributed by atoms with Crippen molar-refractivity contribution < 1.29 is 24.2 Å². The highest BCUT2D eigenvalue weighted by Gasteiger charge is 2.71. The van der Waals surface area contributed by atoms with Crippen LogP contribution in [0, 0.1) is 34.5 Å². The number of ketones is 2. The molecule has 6 heteroatoms. The van der Waals surface area contributed by atoms with E-state index in [4.69, 9.17) is 4.74 Å². The van der Waals surface area contributed by atoms with Crippen molar-refractivity contribution in [1.29, 1.82) is 0 Å². The van der Waals surface area contributed by atoms with Crippen molar-refractivity contribution in [2.24, 2.45) is 34.5 Å². The third-order valence-corrected chi connectivity index (χ3v) is 10.4. The Morgan fingerprint density at radius 1 is 1.14 bits per heavy atom. The van der Waals surface area contributed by atoms with Gasteiger partial charge in [-0.3, -0.25) is 14.4 Å². The Morgan fingerprint density at radius 2 is 1.83 bits per heavy atom. The summed E-state index contributed by atoms with van der Waals surface area (Å²) in [6.45, 7) is 7.13. The molecule has 9 atom stereocenters. The van der Waals surface area contributed by atoms with Gasteiger partial charge in [-0.2, -0.15) is 0 Å². The molecule has 0 aromatic rings. The van der Waals surface area contributed by atoms with E-state index < -0.39 is 11.0 Å². The lowest BCUT2D eigenvalue weighted by molar-refractivity contribution is -0.180. The van der Waals surface area contributed by atoms with E-state index in [1.54, 1.807) is 0 Å². The first kappa shape index (κ1) is 21.5. The lowest BCUT2D eigenvalue weighted by atomic mass is 9.44. The number of alkyl halides is 1. The highest BCUT2D eigenvalue weighted by molar-refractivity contribution is 9.09. The molecule has 0 saturated heterocycles. The van der Waals surface area contributed by atoms with Crippen LogP contribution in [0.3, 0.4) is 0 Å². The maximum absolute atomic E-state index is 13.6. The van der Waals surface area contributed by atoms with Gasteiger partial charge in [0.25, 0.3) is 0 Å². The maximum atomic E-state index is 13.6. The average Bonchev–Trinajstić information content (AvgIpc) is 2.82. The smallest absolute Gasteiger partial charge is 0.302 e. The van der Waals surface area contributed by atoms with Gasteiger partial charge in [-0.1, -0.05) is 29.8 Å². The molecular formula is C23H33BrO5. The molecule has 0 aromatic heterocycles. The summed E-state index contributed by atoms with van der Waals surface area (Å²) >= 11 is 3.61. The maximum Gasteiger partial charge on any atom is 0.302 e. The Kier molecular flexibility index (Phi) is 5.09. The predicted molar refractivity (Wildman–Crippen MR) is 111 cm³/mol. The van der Waals surface area contributed by atoms with Crippen LogP contribution in [0.4, 0.5) is 0 Å². The molecule has 0 amide bonds. The number of carbonyl (C=O) groups is 3. The molecule has 0 bridgehead atoms. The van der Waals surface area contributed by atoms with Crippen LogP contribution in [-0.2, 0) is 19.1 Å². The standard InChI is InChI=1S/C23H33BrO5/c1-12(25)23(28)19(24)10-17-16-6-5-14-9-15(29-13(2)26)7-8-21(14,3)20(16)18(27)11-22(17,23)4/h14-17,19-20,28H,5-11H2,1-4H3/t14-,15-,16-,17-,19-,20+,21-,22-,23+/m0/s1. The molecule has 4 aliphatic rings. The molecule has 4 fully saturated rings. The van der Waals surface area contributed by atoms with Crippen LogP contribution in [0.15, 0.2) is 0 Å². The van der Waals surface area contributed by atoms with Crippen LogP contribution in [0.25, 0.3) is 0 Å². The van der Waals surface area contributed by atoms with Gasteiger partial charge in [-0.15, -0.1) is 0 Å². The summed E-state index contributed by atoms with van der Waals surface area (Å²) in [5.41, 5.74) is -2.27. The van der Waals surface area contributed by atoms with Gasteiger partial charge >= 0.3 is 5.97 Å². The lowest BCUT2D eigenvalue weighted by Crippen LogP contribution is -2.62. The highest BCUT2D eigenvalue weighted by atomic mass is 79.9. The van der Waals surface area contributed by atoms with Gasteiger partial charge in [-0.25, -0.2) is 0 Å². The minimum Gasteiger partial charge on any atom is -0.463 e. The second-order valence-electron chi connectivity index (χ2n) is 10.6. The van der Waals surface area contributed by atoms with Crippen molar-refractivity contribution in [2.75, 3.05) is 0 Å². The molecule has 162 valence electrons. The van der Waals surface area contributed by atoms with Gasteiger partial charge in [-0.05, 0) is 68.6 Å². The van der Waals surface area contributed by atoms with Crippen molar-refractivity contribution in [2.45, 2.75) is 89.2 Å². The number of hydrogen-bond acceptors (Lipinski definition) is 5. The van der Waals surface area contributed by atoms with Crippen LogP contribution in [0.1, 0.15) is 72.6 Å². The van der Waals surface area contributed by atoms with E-state index in [1.165, 1.54) is 13.8 Å². The van der Waals surface area contributed by atoms with Crippen molar-refractivity contribution >= 4 is 33.5 Å². The zero-order chi connectivity index (χ0) is 21.4. The van der Waals surface area contributed by atoms with Crippen LogP contribution in [0.2, 0.25) is 0 Å². The van der Waals surface area contributed by atoms with Crippen LogP contribution in [-0.4, -0.2) is 39.2 Å². The quantitative estimate of drug-likeness (QED) is 0.491. The van der Waals surface area contributed by atoms with Gasteiger partial charge in [0.05, 0.1) is 4.83 Å². The fourth-order valence-electron chi connectivity index (χ4n) is 7.97. The van der Waals surface area contributed by atoms with E-state index in [9.17, 15) is 19.5 Å². The third-order valence-electron chi connectivity index (χ3n) is 9.35. The van der Waals surface area contributed by atoms with E-state index in [0.717, 1.165) is 38.5 Å². The zero-order valence-corrected chi connectivity index (χ0v) is 19.5. The summed E-state index contributed by atoms with van der Waals surface area (Å²) in [6.07, 6.45) is 5.46. The molecule has 4 saturated carbocycles. The number of Topliss-reactive ketones (excluding diaryl/α,β-unsaturated/α-hetero) is 2. The first-order valence-corrected chi connectivity index (χ1v) is 11.9. The minimum absolute atomic E-state index is 0.0217. The van der Waals surface area contributed by atoms with Crippen molar-refractivity contribution in [1.82, 2.24) is 0 Å². The highest BCUT2D eigenvalue weighted by Crippen LogP contribution is 2.68. The fraction of sp³-hybridized carbons (Fsp3) is 0.870. The Labute approximate surface area is 181 Å². The molecule has 1 N–H and O–H groups in total. The fourth-order valence-corrected chi connectivity index (χ4v) is 9.22. The molecule has 29 heavy (non-hydrogen) atoms. The normalized spacial score (nSPS) is 51.6. The molecule has 0 aliphatic heterocycles. The Hall–Kier alpha value is -0.750. The third kappa shape index (κ3) is 2.84. The van der Waals surface area contributed by atoms with Gasteiger partial charge in [0.15, 0.2) is 5.78 Å². The molecule has 0 heterocycles. The number of halogens is 1. The minimum atomic E-state index is -1.48. The van der Waals surface area contributed by atoms with Crippen molar-refractivity contribution in [3.8, 4) is 0 Å². The number of carbonyl (C=O) groups excluding carboxylic acids is 3. The van der Waals surface area contributed by atoms with E-state index in [0.29, 0.717) is 5.92 Å². The SMILES string of the molecule is CC(=O)O[C@H]1CC[C@@]2(C)[C@@H](CC[C@@H]3[C@@H]2C(=O)C[C@@]2(C)[C@H]3C[C@H](Br)[C@]2(O)C(C)=O)C1. The van der Waals surface area contributed by atoms with E-state index in [-0.39, 0.29) is 58.1 Å². The van der Waals surface area contributed by atoms with Gasteiger partial charge in [0, 0.05) is 24.7 Å². The molecule has 0 spiro atoms. The molecule has 0 radical (unpaired) electrons. The summed E-state index contributed by atoms with van der Waals surface area (Å²) in [7, 11) is 0. The molecule has 0 unspecified atom stereocenters. The Bertz CT molecular complexity index is 752. The zero-order valence-electron chi connectivity index (χ0n) is 17.9. The number of hydrogen-bond donors (Lipinski definition) is 1. The van der Waals surface area contributed by atoms with Crippen molar-refractivity contribution in [3.05, 3.63) is 0 Å². The van der Waals surface area contributed by atoms with E-state index in [2.05, 4.69) is 22.9 Å². The van der Waals surface area contributed by atoms with Crippen LogP contribution < -0.4 is 0 Å². The largest absolute Gasteiger partial charge is 0.463 e. The Morgan fingerprint density at radius 3 is 2.45 bits per heavy atom. The number of esters is 1. The molecule has 0 aromatic carbocycles. The summed E-state index contributed by atoms with van der Waals surface area (Å²) in [4.78, 5) is 37.2. The van der Waals surface area contributed by atoms with E-state index in [1.807, 2.05) is 6.92 Å². The molecule has 4 aliphatic carbocycles. The van der Waals surface area contributed by atoms with E-state index >= 15 is 0 Å². The number of ether oxygens (including phenoxy) is 1. The van der Waals surface area contributed by atoms with Gasteiger partial charge in [0.1, 0.15) is 17.5 Å². The summed E-state index contributed by atoms with van der Waals surface area (Å²) in [5, 5.41) is 11.4. The second-order valence-corrected chi connectivity index (χ2v) is 11.7. The monoisotopic (exact) mass is 468 g/mol. The average molecular weight is 469 g/mol. The number of aliphatic hydroxyl groups is 1. The van der Waals surface area contributed by atoms with Crippen LogP contribution >= 0.6 is 15.9 Å². The first-order chi connectivity index (χ1) is 13.4. The van der Waals surface area contributed by atoms with Crippen molar-refractivity contribution in [3.63, 3.8) is 0 Å². The second kappa shape index (κ2) is 6.88. The summed E-state index contributed by atoms with van der Waals surface area (Å²) in [5.74, 6) is 0.475. The molecule has 4 rings (SSSR count). The predicted octanol–water partition coefficient (Wildman–Crippen LogP) is 3.83. The van der Waals surface area contributed by atoms with Gasteiger partial charge in [0.2, 0.25) is 0 Å². The van der Waals surface area contributed by atoms with Gasteiger partial charge < -0.3 is 9.84 Å². The lowest BCUT2D eigenvalue weighted by Gasteiger charge is -2.60. The first-order valence-electron chi connectivity index (χ1n) is 11.0. The summed E-state index contributed by atoms with van der Waals surface area (Å²) < 4.78 is 5.50. The summed E-state index contributed by atoms with van der Waals surface area (Å²) in [6, 6.07) is 0. The Balaban J connectivity index is 1.65. The van der Waals surface area contributed by atoms with Crippen LogP contribution in [0.5, 0.6) is 0 Å². The molecule has 5 nitrogen and oxygen atoms in total. The number of fused-ring (bicyclic) bond motifs is 5. The number of rotatable bonds is 2. The topological polar surface area (TPSA) is 80.7 Å².